The number of aliphatic hydroxyl groups excluding tert-OH is 1. The molecule has 0 fully saturated rings. The highest BCUT2D eigenvalue weighted by molar-refractivity contribution is 7.79. The van der Waals surface area contributed by atoms with Gasteiger partial charge in [0.15, 0.2) is 0 Å². The summed E-state index contributed by atoms with van der Waals surface area (Å²) in [4.78, 5) is 0. The van der Waals surface area contributed by atoms with Crippen LogP contribution in [0.2, 0.25) is 0 Å². The van der Waals surface area contributed by atoms with Crippen LogP contribution >= 0.6 is 12.2 Å². The summed E-state index contributed by atoms with van der Waals surface area (Å²) < 4.78 is 4.34. The summed E-state index contributed by atoms with van der Waals surface area (Å²) in [6.45, 7) is 4.93. The molecule has 2 nitrogen and oxygen atoms in total. The third-order valence-corrected chi connectivity index (χ3v) is 0.345. The standard InChI is InChI=1S/C4H6O2S/c1-3(2)6-4(5)7/h1H2,2H3,(H,5,7). The van der Waals surface area contributed by atoms with Gasteiger partial charge < -0.3 is 9.84 Å². The van der Waals surface area contributed by atoms with Gasteiger partial charge in [0, 0.05) is 12.2 Å². The fourth-order valence-electron chi connectivity index (χ4n) is 0.149. The molecular formula is C4H6O2S. The summed E-state index contributed by atoms with van der Waals surface area (Å²) in [5, 5.41) is 7.69. The summed E-state index contributed by atoms with van der Waals surface area (Å²) in [5.74, 6) is 0.396. The monoisotopic (exact) mass is 118 g/mol. The minimum atomic E-state index is -0.479. The molecule has 0 aliphatic rings. The Kier molecular flexibility index (Phi) is 2.37. The van der Waals surface area contributed by atoms with Gasteiger partial charge in [-0.1, -0.05) is 6.58 Å². The number of hydrogen-bond acceptors (Lipinski definition) is 2. The van der Waals surface area contributed by atoms with E-state index in [1.807, 2.05) is 0 Å². The molecule has 0 rings (SSSR count). The number of allylic oxidation sites excluding steroid dienone is 1. The van der Waals surface area contributed by atoms with Gasteiger partial charge in [0.2, 0.25) is 0 Å². The highest BCUT2D eigenvalue weighted by Gasteiger charge is 1.86. The van der Waals surface area contributed by atoms with Crippen LogP contribution in [0.1, 0.15) is 6.92 Å². The van der Waals surface area contributed by atoms with Crippen molar-refractivity contribution in [1.82, 2.24) is 0 Å². The molecule has 0 saturated carbocycles. The van der Waals surface area contributed by atoms with Crippen molar-refractivity contribution in [3.63, 3.8) is 0 Å². The van der Waals surface area contributed by atoms with Crippen molar-refractivity contribution in [2.24, 2.45) is 0 Å². The quantitative estimate of drug-likeness (QED) is 0.416. The molecule has 0 saturated heterocycles. The van der Waals surface area contributed by atoms with Crippen molar-refractivity contribution in [2.75, 3.05) is 0 Å². The Bertz CT molecular complexity index is 85.9. The van der Waals surface area contributed by atoms with Gasteiger partial charge >= 0.3 is 5.24 Å². The molecular weight excluding hydrogens is 112 g/mol. The molecule has 0 aliphatic carbocycles. The lowest BCUT2D eigenvalue weighted by atomic mass is 10.7. The lowest BCUT2D eigenvalue weighted by Crippen LogP contribution is -1.94. The van der Waals surface area contributed by atoms with Crippen molar-refractivity contribution in [3.8, 4) is 0 Å². The fraction of sp³-hybridized carbons (Fsp3) is 0.250. The van der Waals surface area contributed by atoms with E-state index in [2.05, 4.69) is 23.5 Å². The zero-order valence-electron chi connectivity index (χ0n) is 3.97. The van der Waals surface area contributed by atoms with Gasteiger partial charge in [-0.05, 0) is 6.92 Å². The number of aliphatic hydroxyl groups is 1. The van der Waals surface area contributed by atoms with Gasteiger partial charge in [-0.25, -0.2) is 0 Å². The summed E-state index contributed by atoms with van der Waals surface area (Å²) in [7, 11) is 0. The minimum absolute atomic E-state index is 0.396. The van der Waals surface area contributed by atoms with Crippen LogP contribution in [0.15, 0.2) is 12.3 Å². The van der Waals surface area contributed by atoms with E-state index in [-0.39, 0.29) is 0 Å². The Morgan fingerprint density at radius 2 is 2.29 bits per heavy atom. The molecule has 0 heterocycles. The Balaban J connectivity index is 3.32. The first-order valence-electron chi connectivity index (χ1n) is 1.69. The lowest BCUT2D eigenvalue weighted by Gasteiger charge is -1.95. The second kappa shape index (κ2) is 2.58. The molecule has 7 heavy (non-hydrogen) atoms. The zero-order valence-corrected chi connectivity index (χ0v) is 4.79. The van der Waals surface area contributed by atoms with Crippen LogP contribution in [0, 0.1) is 0 Å². The summed E-state index contributed by atoms with van der Waals surface area (Å²) in [6.07, 6.45) is 0. The average Bonchev–Trinajstić information content (AvgIpc) is 1.27. The van der Waals surface area contributed by atoms with E-state index in [4.69, 9.17) is 5.11 Å². The van der Waals surface area contributed by atoms with Gasteiger partial charge in [0.05, 0.1) is 5.76 Å². The van der Waals surface area contributed by atoms with E-state index in [1.54, 1.807) is 6.92 Å². The maximum absolute atomic E-state index is 8.17. The summed E-state index contributed by atoms with van der Waals surface area (Å²) in [6, 6.07) is 0. The third-order valence-electron chi connectivity index (χ3n) is 0.262. The van der Waals surface area contributed by atoms with Crippen LogP contribution in [0.3, 0.4) is 0 Å². The van der Waals surface area contributed by atoms with Crippen LogP contribution in [0.5, 0.6) is 0 Å². The number of rotatable bonds is 1. The van der Waals surface area contributed by atoms with Crippen LogP contribution in [0.4, 0.5) is 0 Å². The number of thiocarbonyl (C=S) groups is 1. The first-order chi connectivity index (χ1) is 3.13. The van der Waals surface area contributed by atoms with Gasteiger partial charge in [0.1, 0.15) is 0 Å². The largest absolute Gasteiger partial charge is 0.472 e. The molecule has 0 radical (unpaired) electrons. The van der Waals surface area contributed by atoms with Crippen LogP contribution < -0.4 is 0 Å². The van der Waals surface area contributed by atoms with E-state index in [0.29, 0.717) is 5.76 Å². The molecule has 0 atom stereocenters. The Morgan fingerprint density at radius 1 is 1.86 bits per heavy atom. The fourth-order valence-corrected chi connectivity index (χ4v) is 0.291. The molecule has 0 aromatic heterocycles. The van der Waals surface area contributed by atoms with Crippen molar-refractivity contribution < 1.29 is 9.84 Å². The Labute approximate surface area is 47.4 Å². The molecule has 0 spiro atoms. The molecule has 0 aromatic carbocycles. The smallest absolute Gasteiger partial charge is 0.354 e. The van der Waals surface area contributed by atoms with E-state index in [1.165, 1.54) is 0 Å². The maximum Gasteiger partial charge on any atom is 0.354 e. The third kappa shape index (κ3) is 5.43. The van der Waals surface area contributed by atoms with Crippen LogP contribution in [-0.4, -0.2) is 10.3 Å². The highest BCUT2D eigenvalue weighted by atomic mass is 32.1. The second-order valence-corrected chi connectivity index (χ2v) is 1.42. The Hall–Kier alpha value is -0.570. The molecule has 3 heteroatoms. The minimum Gasteiger partial charge on any atom is -0.472 e. The summed E-state index contributed by atoms with van der Waals surface area (Å²) >= 11 is 4.14. The van der Waals surface area contributed by atoms with Crippen molar-refractivity contribution in [1.29, 1.82) is 0 Å². The van der Waals surface area contributed by atoms with Gasteiger partial charge in [0.25, 0.3) is 0 Å². The maximum atomic E-state index is 8.17. The van der Waals surface area contributed by atoms with E-state index < -0.39 is 5.24 Å². The highest BCUT2D eigenvalue weighted by Crippen LogP contribution is 1.88. The number of ether oxygens (including phenoxy) is 1. The second-order valence-electron chi connectivity index (χ2n) is 1.07. The van der Waals surface area contributed by atoms with Crippen molar-refractivity contribution >= 4 is 17.5 Å². The molecule has 0 unspecified atom stereocenters. The lowest BCUT2D eigenvalue weighted by molar-refractivity contribution is 0.320. The predicted octanol–water partition coefficient (Wildman–Crippen LogP) is 1.38. The first-order valence-corrected chi connectivity index (χ1v) is 2.10. The van der Waals surface area contributed by atoms with Gasteiger partial charge in [-0.2, -0.15) is 0 Å². The van der Waals surface area contributed by atoms with Crippen molar-refractivity contribution in [2.45, 2.75) is 6.92 Å². The zero-order chi connectivity index (χ0) is 5.86. The molecule has 40 valence electrons. The van der Waals surface area contributed by atoms with Gasteiger partial charge in [-0.3, -0.25) is 0 Å². The Morgan fingerprint density at radius 3 is 2.29 bits per heavy atom. The SMILES string of the molecule is C=C(C)OC(O)=S. The molecule has 0 aromatic rings. The van der Waals surface area contributed by atoms with Gasteiger partial charge in [-0.15, -0.1) is 0 Å². The van der Waals surface area contributed by atoms with E-state index in [9.17, 15) is 0 Å². The van der Waals surface area contributed by atoms with Crippen LogP contribution in [0.25, 0.3) is 0 Å². The predicted molar refractivity (Wildman–Crippen MR) is 31.1 cm³/mol. The van der Waals surface area contributed by atoms with Crippen molar-refractivity contribution in [3.05, 3.63) is 12.3 Å². The van der Waals surface area contributed by atoms with Crippen LogP contribution in [-0.2, 0) is 4.74 Å². The van der Waals surface area contributed by atoms with E-state index >= 15 is 0 Å². The first kappa shape index (κ1) is 6.43. The normalized spacial score (nSPS) is 7.57. The molecule has 0 aliphatic heterocycles. The molecule has 1 N–H and O–H groups in total. The topological polar surface area (TPSA) is 29.5 Å². The molecule has 0 amide bonds. The summed E-state index contributed by atoms with van der Waals surface area (Å²) in [5.41, 5.74) is 0. The average molecular weight is 118 g/mol. The molecule has 0 bridgehead atoms. The number of hydrogen-bond donors (Lipinski definition) is 1. The van der Waals surface area contributed by atoms with E-state index in [0.717, 1.165) is 0 Å².